The molecule has 0 amide bonds. The van der Waals surface area contributed by atoms with Crippen LogP contribution in [0.5, 0.6) is 0 Å². The second-order valence-electron chi connectivity index (χ2n) is 6.05. The molecule has 0 unspecified atom stereocenters. The molecule has 122 valence electrons. The maximum atomic E-state index is 6.06. The predicted octanol–water partition coefficient (Wildman–Crippen LogP) is 4.54. The standard InChI is InChI=1S/C19H23N3.HI/c20-18(22-17-11-5-2-6-12-17)21-15-19(13-7-8-14-19)16-9-3-1-4-10-16;/h1-6,9-12H,7-8,13-15H2,(H3,20,21,22);1H. The number of hydrogen-bond donors (Lipinski definition) is 2. The van der Waals surface area contributed by atoms with Gasteiger partial charge in [-0.25, -0.2) is 0 Å². The number of para-hydroxylation sites is 1. The summed E-state index contributed by atoms with van der Waals surface area (Å²) in [6, 6.07) is 20.7. The Morgan fingerprint density at radius 3 is 2.13 bits per heavy atom. The predicted molar refractivity (Wildman–Crippen MR) is 109 cm³/mol. The SMILES string of the molecule is I.NC(=NCC1(c2ccccc2)CCCC1)Nc1ccccc1. The van der Waals surface area contributed by atoms with Crippen molar-refractivity contribution in [2.24, 2.45) is 10.7 Å². The van der Waals surface area contributed by atoms with Gasteiger partial charge in [0.15, 0.2) is 5.96 Å². The largest absolute Gasteiger partial charge is 0.370 e. The van der Waals surface area contributed by atoms with Crippen LogP contribution in [0.25, 0.3) is 0 Å². The average Bonchev–Trinajstić information content (AvgIpc) is 3.05. The van der Waals surface area contributed by atoms with Crippen LogP contribution in [0.4, 0.5) is 5.69 Å². The fourth-order valence-corrected chi connectivity index (χ4v) is 3.33. The van der Waals surface area contributed by atoms with Gasteiger partial charge in [0.05, 0.1) is 6.54 Å². The van der Waals surface area contributed by atoms with E-state index in [1.807, 2.05) is 30.3 Å². The van der Waals surface area contributed by atoms with Gasteiger partial charge in [-0.3, -0.25) is 4.99 Å². The number of aliphatic imine (C=N–C) groups is 1. The Morgan fingerprint density at radius 1 is 0.957 bits per heavy atom. The van der Waals surface area contributed by atoms with Crippen LogP contribution >= 0.6 is 24.0 Å². The molecule has 0 aliphatic heterocycles. The molecule has 23 heavy (non-hydrogen) atoms. The van der Waals surface area contributed by atoms with Crippen LogP contribution in [-0.2, 0) is 5.41 Å². The first-order chi connectivity index (χ1) is 10.8. The Hall–Kier alpha value is -1.56. The lowest BCUT2D eigenvalue weighted by atomic mass is 9.79. The molecule has 1 fully saturated rings. The Morgan fingerprint density at radius 2 is 1.52 bits per heavy atom. The molecule has 3 N–H and O–H groups in total. The highest BCUT2D eigenvalue weighted by Gasteiger charge is 2.35. The summed E-state index contributed by atoms with van der Waals surface area (Å²) in [4.78, 5) is 4.63. The number of benzene rings is 2. The molecule has 0 radical (unpaired) electrons. The van der Waals surface area contributed by atoms with E-state index in [4.69, 9.17) is 5.73 Å². The first kappa shape index (κ1) is 17.8. The summed E-state index contributed by atoms with van der Waals surface area (Å²) >= 11 is 0. The molecule has 3 rings (SSSR count). The van der Waals surface area contributed by atoms with E-state index < -0.39 is 0 Å². The minimum Gasteiger partial charge on any atom is -0.370 e. The van der Waals surface area contributed by atoms with Gasteiger partial charge in [-0.1, -0.05) is 61.4 Å². The molecule has 2 aromatic carbocycles. The number of nitrogens with zero attached hydrogens (tertiary/aromatic N) is 1. The Bertz CT molecular complexity index is 620. The zero-order chi connectivity index (χ0) is 15.3. The highest BCUT2D eigenvalue weighted by atomic mass is 127. The second-order valence-corrected chi connectivity index (χ2v) is 6.05. The third-order valence-corrected chi connectivity index (χ3v) is 4.55. The summed E-state index contributed by atoms with van der Waals surface area (Å²) in [5.74, 6) is 0.494. The lowest BCUT2D eigenvalue weighted by Crippen LogP contribution is -2.30. The molecule has 1 aliphatic carbocycles. The van der Waals surface area contributed by atoms with E-state index in [1.54, 1.807) is 0 Å². The van der Waals surface area contributed by atoms with E-state index in [0.717, 1.165) is 12.2 Å². The third kappa shape index (κ3) is 4.47. The highest BCUT2D eigenvalue weighted by molar-refractivity contribution is 14.0. The molecule has 1 aliphatic rings. The molecule has 0 atom stereocenters. The Labute approximate surface area is 155 Å². The van der Waals surface area contributed by atoms with Gasteiger partial charge >= 0.3 is 0 Å². The molecule has 0 bridgehead atoms. The van der Waals surface area contributed by atoms with Crippen LogP contribution in [-0.4, -0.2) is 12.5 Å². The summed E-state index contributed by atoms with van der Waals surface area (Å²) in [6.07, 6.45) is 4.94. The molecule has 0 spiro atoms. The summed E-state index contributed by atoms with van der Waals surface area (Å²) in [6.45, 7) is 0.753. The first-order valence-electron chi connectivity index (χ1n) is 7.96. The van der Waals surface area contributed by atoms with Crippen molar-refractivity contribution in [1.29, 1.82) is 0 Å². The van der Waals surface area contributed by atoms with Crippen molar-refractivity contribution in [2.45, 2.75) is 31.1 Å². The number of nitrogens with one attached hydrogen (secondary N) is 1. The minimum atomic E-state index is 0. The smallest absolute Gasteiger partial charge is 0.193 e. The third-order valence-electron chi connectivity index (χ3n) is 4.55. The second kappa shape index (κ2) is 8.34. The maximum Gasteiger partial charge on any atom is 0.193 e. The monoisotopic (exact) mass is 421 g/mol. The molecule has 0 heterocycles. The summed E-state index contributed by atoms with van der Waals surface area (Å²) in [7, 11) is 0. The lowest BCUT2D eigenvalue weighted by Gasteiger charge is -2.28. The van der Waals surface area contributed by atoms with Crippen LogP contribution in [0.2, 0.25) is 0 Å². The molecule has 2 aromatic rings. The van der Waals surface area contributed by atoms with Crippen molar-refractivity contribution in [2.75, 3.05) is 11.9 Å². The van der Waals surface area contributed by atoms with Crippen LogP contribution in [0.1, 0.15) is 31.2 Å². The number of hydrogen-bond acceptors (Lipinski definition) is 1. The highest BCUT2D eigenvalue weighted by Crippen LogP contribution is 2.41. The molecule has 0 aromatic heterocycles. The molecule has 0 saturated heterocycles. The quantitative estimate of drug-likeness (QED) is 0.433. The first-order valence-corrected chi connectivity index (χ1v) is 7.96. The van der Waals surface area contributed by atoms with E-state index in [2.05, 4.69) is 40.6 Å². The van der Waals surface area contributed by atoms with Crippen molar-refractivity contribution in [3.05, 3.63) is 66.2 Å². The number of halogens is 1. The van der Waals surface area contributed by atoms with Crippen LogP contribution < -0.4 is 11.1 Å². The maximum absolute atomic E-state index is 6.06. The van der Waals surface area contributed by atoms with E-state index in [0.29, 0.717) is 5.96 Å². The Balaban J connectivity index is 0.00000192. The van der Waals surface area contributed by atoms with Crippen LogP contribution in [0, 0.1) is 0 Å². The van der Waals surface area contributed by atoms with Gasteiger partial charge in [-0.05, 0) is 30.5 Å². The molecular weight excluding hydrogens is 397 g/mol. The van der Waals surface area contributed by atoms with Gasteiger partial charge in [0, 0.05) is 11.1 Å². The lowest BCUT2D eigenvalue weighted by molar-refractivity contribution is 0.454. The van der Waals surface area contributed by atoms with Crippen LogP contribution in [0.15, 0.2) is 65.7 Å². The van der Waals surface area contributed by atoms with Gasteiger partial charge in [-0.2, -0.15) is 0 Å². The van der Waals surface area contributed by atoms with E-state index in [9.17, 15) is 0 Å². The topological polar surface area (TPSA) is 50.4 Å². The normalized spacial score (nSPS) is 16.6. The van der Waals surface area contributed by atoms with Gasteiger partial charge < -0.3 is 11.1 Å². The number of nitrogens with two attached hydrogens (primary N) is 1. The van der Waals surface area contributed by atoms with Crippen molar-refractivity contribution in [3.8, 4) is 0 Å². The Kier molecular flexibility index (Phi) is 6.45. The van der Waals surface area contributed by atoms with Crippen molar-refractivity contribution < 1.29 is 0 Å². The van der Waals surface area contributed by atoms with Crippen LogP contribution in [0.3, 0.4) is 0 Å². The van der Waals surface area contributed by atoms with E-state index in [1.165, 1.54) is 31.2 Å². The fraction of sp³-hybridized carbons (Fsp3) is 0.316. The molecular formula is C19H24IN3. The van der Waals surface area contributed by atoms with Crippen molar-refractivity contribution >= 4 is 35.6 Å². The van der Waals surface area contributed by atoms with Gasteiger partial charge in [0.2, 0.25) is 0 Å². The fourth-order valence-electron chi connectivity index (χ4n) is 3.33. The minimum absolute atomic E-state index is 0. The van der Waals surface area contributed by atoms with Gasteiger partial charge in [0.1, 0.15) is 0 Å². The number of anilines is 1. The van der Waals surface area contributed by atoms with Gasteiger partial charge in [0.25, 0.3) is 0 Å². The summed E-state index contributed by atoms with van der Waals surface area (Å²) in [5.41, 5.74) is 8.58. The summed E-state index contributed by atoms with van der Waals surface area (Å²) < 4.78 is 0. The molecule has 4 heteroatoms. The zero-order valence-electron chi connectivity index (χ0n) is 13.2. The van der Waals surface area contributed by atoms with E-state index >= 15 is 0 Å². The van der Waals surface area contributed by atoms with Crippen molar-refractivity contribution in [3.63, 3.8) is 0 Å². The van der Waals surface area contributed by atoms with Crippen molar-refractivity contribution in [1.82, 2.24) is 0 Å². The molecule has 1 saturated carbocycles. The number of rotatable bonds is 4. The molecule has 3 nitrogen and oxygen atoms in total. The van der Waals surface area contributed by atoms with Gasteiger partial charge in [-0.15, -0.1) is 24.0 Å². The van der Waals surface area contributed by atoms with E-state index in [-0.39, 0.29) is 29.4 Å². The average molecular weight is 421 g/mol. The summed E-state index contributed by atoms with van der Waals surface area (Å²) in [5, 5.41) is 3.16. The zero-order valence-corrected chi connectivity index (χ0v) is 15.6. The number of guanidine groups is 1.